The summed E-state index contributed by atoms with van der Waals surface area (Å²) < 4.78 is 2.15. The van der Waals surface area contributed by atoms with Crippen molar-refractivity contribution < 1.29 is 0 Å². The largest absolute Gasteiger partial charge is 0.368 e. The zero-order valence-electron chi connectivity index (χ0n) is 9.80. The van der Waals surface area contributed by atoms with Gasteiger partial charge in [-0.1, -0.05) is 12.2 Å². The van der Waals surface area contributed by atoms with E-state index in [4.69, 9.17) is 0 Å². The molecule has 88 valence electrons. The van der Waals surface area contributed by atoms with Gasteiger partial charge in [-0.25, -0.2) is 15.0 Å². The first kappa shape index (κ1) is 10.3. The van der Waals surface area contributed by atoms with E-state index in [1.54, 1.807) is 6.33 Å². The van der Waals surface area contributed by atoms with E-state index in [0.29, 0.717) is 6.04 Å². The molecular formula is C12H15N5. The summed E-state index contributed by atoms with van der Waals surface area (Å²) in [6.45, 7) is 2.88. The normalized spacial score (nSPS) is 15.8. The van der Waals surface area contributed by atoms with E-state index in [1.807, 2.05) is 13.3 Å². The highest BCUT2D eigenvalue weighted by atomic mass is 15.2. The maximum absolute atomic E-state index is 4.43. The SMILES string of the molecule is CCNc1ncnc2c1ncn2C1CC=CC1. The third-order valence-electron chi connectivity index (χ3n) is 3.08. The molecule has 0 aliphatic heterocycles. The Bertz CT molecular complexity index is 549. The molecule has 5 nitrogen and oxygen atoms in total. The molecule has 2 heterocycles. The zero-order valence-corrected chi connectivity index (χ0v) is 9.80. The molecule has 0 bridgehead atoms. The quantitative estimate of drug-likeness (QED) is 0.819. The smallest absolute Gasteiger partial charge is 0.165 e. The second-order valence-electron chi connectivity index (χ2n) is 4.17. The van der Waals surface area contributed by atoms with Gasteiger partial charge in [0.2, 0.25) is 0 Å². The van der Waals surface area contributed by atoms with Crippen molar-refractivity contribution in [3.05, 3.63) is 24.8 Å². The van der Waals surface area contributed by atoms with Crippen LogP contribution in [0, 0.1) is 0 Å². The molecule has 0 saturated carbocycles. The van der Waals surface area contributed by atoms with Gasteiger partial charge in [0.1, 0.15) is 11.8 Å². The van der Waals surface area contributed by atoms with Gasteiger partial charge in [-0.05, 0) is 19.8 Å². The third-order valence-corrected chi connectivity index (χ3v) is 3.08. The molecule has 0 amide bonds. The molecule has 17 heavy (non-hydrogen) atoms. The van der Waals surface area contributed by atoms with Crippen molar-refractivity contribution in [3.63, 3.8) is 0 Å². The minimum Gasteiger partial charge on any atom is -0.368 e. The lowest BCUT2D eigenvalue weighted by Gasteiger charge is -2.11. The average Bonchev–Trinajstić information content (AvgIpc) is 2.97. The Kier molecular flexibility index (Phi) is 2.51. The molecule has 0 atom stereocenters. The molecule has 2 aromatic rings. The topological polar surface area (TPSA) is 55.6 Å². The van der Waals surface area contributed by atoms with E-state index in [1.165, 1.54) is 0 Å². The van der Waals surface area contributed by atoms with Gasteiger partial charge in [0.05, 0.1) is 6.33 Å². The highest BCUT2D eigenvalue weighted by molar-refractivity contribution is 5.82. The summed E-state index contributed by atoms with van der Waals surface area (Å²) in [5.41, 5.74) is 1.78. The van der Waals surface area contributed by atoms with Gasteiger partial charge in [0.15, 0.2) is 11.5 Å². The van der Waals surface area contributed by atoms with Crippen molar-refractivity contribution in [1.29, 1.82) is 0 Å². The minimum absolute atomic E-state index is 0.462. The van der Waals surface area contributed by atoms with Crippen LogP contribution in [-0.4, -0.2) is 26.1 Å². The monoisotopic (exact) mass is 229 g/mol. The van der Waals surface area contributed by atoms with Gasteiger partial charge in [-0.2, -0.15) is 0 Å². The molecule has 0 radical (unpaired) electrons. The number of nitrogens with one attached hydrogen (secondary N) is 1. The highest BCUT2D eigenvalue weighted by Gasteiger charge is 2.17. The van der Waals surface area contributed by atoms with Gasteiger partial charge in [-0.3, -0.25) is 0 Å². The van der Waals surface area contributed by atoms with E-state index in [-0.39, 0.29) is 0 Å². The summed E-state index contributed by atoms with van der Waals surface area (Å²) in [5.74, 6) is 0.821. The first-order chi connectivity index (χ1) is 8.40. The molecule has 0 fully saturated rings. The number of anilines is 1. The van der Waals surface area contributed by atoms with Crippen molar-refractivity contribution in [3.8, 4) is 0 Å². The van der Waals surface area contributed by atoms with Crippen LogP contribution in [0.25, 0.3) is 11.2 Å². The summed E-state index contributed by atoms with van der Waals surface area (Å²) in [4.78, 5) is 13.0. The Balaban J connectivity index is 2.06. The fourth-order valence-corrected chi connectivity index (χ4v) is 2.25. The Hall–Kier alpha value is -1.91. The minimum atomic E-state index is 0.462. The summed E-state index contributed by atoms with van der Waals surface area (Å²) >= 11 is 0. The first-order valence-electron chi connectivity index (χ1n) is 5.96. The predicted octanol–water partition coefficient (Wildman–Crippen LogP) is 2.15. The molecule has 0 saturated heterocycles. The molecule has 1 aliphatic carbocycles. The van der Waals surface area contributed by atoms with E-state index in [9.17, 15) is 0 Å². The number of aromatic nitrogens is 4. The summed E-state index contributed by atoms with van der Waals surface area (Å²) in [6.07, 6.45) is 10.0. The summed E-state index contributed by atoms with van der Waals surface area (Å²) in [5, 5.41) is 3.21. The molecular weight excluding hydrogens is 214 g/mol. The number of imidazole rings is 1. The van der Waals surface area contributed by atoms with Crippen LogP contribution < -0.4 is 5.32 Å². The maximum atomic E-state index is 4.43. The molecule has 5 heteroatoms. The molecule has 0 aromatic carbocycles. The molecule has 3 rings (SSSR count). The van der Waals surface area contributed by atoms with E-state index in [2.05, 4.69) is 37.0 Å². The maximum Gasteiger partial charge on any atom is 0.165 e. The van der Waals surface area contributed by atoms with Crippen LogP contribution in [0.4, 0.5) is 5.82 Å². The Morgan fingerprint density at radius 3 is 2.88 bits per heavy atom. The molecule has 0 spiro atoms. The second-order valence-corrected chi connectivity index (χ2v) is 4.17. The molecule has 2 aromatic heterocycles. The van der Waals surface area contributed by atoms with Crippen molar-refractivity contribution in [2.24, 2.45) is 0 Å². The van der Waals surface area contributed by atoms with Crippen molar-refractivity contribution in [1.82, 2.24) is 19.5 Å². The van der Waals surface area contributed by atoms with E-state index in [0.717, 1.165) is 36.4 Å². The van der Waals surface area contributed by atoms with Gasteiger partial charge >= 0.3 is 0 Å². The summed E-state index contributed by atoms with van der Waals surface area (Å²) in [7, 11) is 0. The number of hydrogen-bond acceptors (Lipinski definition) is 4. The molecule has 1 aliphatic rings. The predicted molar refractivity (Wildman–Crippen MR) is 66.9 cm³/mol. The van der Waals surface area contributed by atoms with Gasteiger partial charge in [-0.15, -0.1) is 0 Å². The number of rotatable bonds is 3. The second kappa shape index (κ2) is 4.16. The highest BCUT2D eigenvalue weighted by Crippen LogP contribution is 2.27. The van der Waals surface area contributed by atoms with Gasteiger partial charge < -0.3 is 9.88 Å². The molecule has 0 unspecified atom stereocenters. The van der Waals surface area contributed by atoms with Crippen LogP contribution in [0.2, 0.25) is 0 Å². The van der Waals surface area contributed by atoms with Crippen molar-refractivity contribution in [2.75, 3.05) is 11.9 Å². The van der Waals surface area contributed by atoms with Gasteiger partial charge in [0, 0.05) is 12.6 Å². The summed E-state index contributed by atoms with van der Waals surface area (Å²) in [6, 6.07) is 0.462. The number of nitrogens with zero attached hydrogens (tertiary/aromatic N) is 4. The number of fused-ring (bicyclic) bond motifs is 1. The lowest BCUT2D eigenvalue weighted by atomic mass is 10.2. The average molecular weight is 229 g/mol. The van der Waals surface area contributed by atoms with Crippen LogP contribution in [0.15, 0.2) is 24.8 Å². The first-order valence-corrected chi connectivity index (χ1v) is 5.96. The van der Waals surface area contributed by atoms with Crippen LogP contribution in [0.3, 0.4) is 0 Å². The number of hydrogen-bond donors (Lipinski definition) is 1. The zero-order chi connectivity index (χ0) is 11.7. The Morgan fingerprint density at radius 1 is 1.29 bits per heavy atom. The van der Waals surface area contributed by atoms with Crippen LogP contribution in [0.1, 0.15) is 25.8 Å². The number of allylic oxidation sites excluding steroid dienone is 2. The van der Waals surface area contributed by atoms with Crippen LogP contribution in [0.5, 0.6) is 0 Å². The van der Waals surface area contributed by atoms with Crippen molar-refractivity contribution >= 4 is 17.0 Å². The fraction of sp³-hybridized carbons (Fsp3) is 0.417. The Labute approximate surface area is 99.6 Å². The third kappa shape index (κ3) is 1.67. The van der Waals surface area contributed by atoms with E-state index >= 15 is 0 Å². The lowest BCUT2D eigenvalue weighted by molar-refractivity contribution is 0.546. The van der Waals surface area contributed by atoms with Crippen molar-refractivity contribution in [2.45, 2.75) is 25.8 Å². The van der Waals surface area contributed by atoms with Crippen LogP contribution >= 0.6 is 0 Å². The standard InChI is InChI=1S/C12H15N5/c1-2-13-11-10-12(15-7-14-11)17(8-16-10)9-5-3-4-6-9/h3-4,7-9H,2,5-6H2,1H3,(H,13,14,15). The van der Waals surface area contributed by atoms with Crippen LogP contribution in [-0.2, 0) is 0 Å². The fourth-order valence-electron chi connectivity index (χ4n) is 2.25. The van der Waals surface area contributed by atoms with E-state index < -0.39 is 0 Å². The Morgan fingerprint density at radius 2 is 2.12 bits per heavy atom. The lowest BCUT2D eigenvalue weighted by Crippen LogP contribution is -2.05. The molecule has 1 N–H and O–H groups in total. The van der Waals surface area contributed by atoms with Gasteiger partial charge in [0.25, 0.3) is 0 Å².